The number of nitro benzene ring substituents is 1. The molecule has 0 bridgehead atoms. The minimum atomic E-state index is -0.849. The molecule has 3 rings (SSSR count). The fourth-order valence-electron chi connectivity index (χ4n) is 2.54. The predicted molar refractivity (Wildman–Crippen MR) is 56.8 cm³/mol. The molecular weight excluding hydrogens is 230 g/mol. The Balaban J connectivity index is 1.96. The van der Waals surface area contributed by atoms with Gasteiger partial charge in [0.05, 0.1) is 17.1 Å². The van der Waals surface area contributed by atoms with E-state index in [9.17, 15) is 18.9 Å². The molecule has 2 aliphatic rings. The van der Waals surface area contributed by atoms with Crippen molar-refractivity contribution in [3.8, 4) is 0 Å². The van der Waals surface area contributed by atoms with Gasteiger partial charge in [-0.1, -0.05) is 0 Å². The van der Waals surface area contributed by atoms with Crippen molar-refractivity contribution in [1.29, 1.82) is 0 Å². The summed E-state index contributed by atoms with van der Waals surface area (Å²) < 4.78 is 27.4. The number of fused-ring (bicyclic) bond motifs is 1. The number of nitro groups is 1. The fourth-order valence-corrected chi connectivity index (χ4v) is 2.54. The fraction of sp³-hybridized carbons (Fsp3) is 0.455. The van der Waals surface area contributed by atoms with Crippen LogP contribution < -0.4 is 4.90 Å². The van der Waals surface area contributed by atoms with Crippen LogP contribution in [0.1, 0.15) is 6.42 Å². The van der Waals surface area contributed by atoms with Crippen LogP contribution in [-0.4, -0.2) is 18.0 Å². The monoisotopic (exact) mass is 240 g/mol. The van der Waals surface area contributed by atoms with Crippen molar-refractivity contribution < 1.29 is 13.7 Å². The zero-order valence-corrected chi connectivity index (χ0v) is 8.90. The van der Waals surface area contributed by atoms with Gasteiger partial charge in [0.25, 0.3) is 5.69 Å². The highest BCUT2D eigenvalue weighted by Gasteiger charge is 2.46. The Kier molecular flexibility index (Phi) is 2.08. The van der Waals surface area contributed by atoms with Gasteiger partial charge in [-0.2, -0.15) is 0 Å². The third kappa shape index (κ3) is 1.64. The van der Waals surface area contributed by atoms with Crippen molar-refractivity contribution in [3.05, 3.63) is 33.9 Å². The lowest BCUT2D eigenvalue weighted by Crippen LogP contribution is -2.24. The van der Waals surface area contributed by atoms with Crippen LogP contribution in [-0.2, 0) is 0 Å². The van der Waals surface area contributed by atoms with E-state index in [0.29, 0.717) is 24.9 Å². The van der Waals surface area contributed by atoms with Gasteiger partial charge in [-0.25, -0.2) is 8.78 Å². The Bertz CT molecular complexity index is 473. The van der Waals surface area contributed by atoms with Gasteiger partial charge in [0.2, 0.25) is 0 Å². The Morgan fingerprint density at radius 1 is 1.24 bits per heavy atom. The number of non-ortho nitro benzene ring substituents is 1. The van der Waals surface area contributed by atoms with E-state index < -0.39 is 22.2 Å². The van der Waals surface area contributed by atoms with Gasteiger partial charge < -0.3 is 4.90 Å². The van der Waals surface area contributed by atoms with E-state index in [-0.39, 0.29) is 5.69 Å². The first-order chi connectivity index (χ1) is 8.06. The number of anilines is 1. The SMILES string of the molecule is O=[N+]([O-])c1cc(F)c(N2CC3CC3C2)c(F)c1. The van der Waals surface area contributed by atoms with Gasteiger partial charge in [0, 0.05) is 13.1 Å². The van der Waals surface area contributed by atoms with Crippen molar-refractivity contribution in [2.45, 2.75) is 6.42 Å². The van der Waals surface area contributed by atoms with E-state index in [1.54, 1.807) is 4.90 Å². The summed E-state index contributed by atoms with van der Waals surface area (Å²) >= 11 is 0. The minimum Gasteiger partial charge on any atom is -0.366 e. The van der Waals surface area contributed by atoms with Crippen LogP contribution in [0, 0.1) is 33.6 Å². The van der Waals surface area contributed by atoms with Crippen molar-refractivity contribution in [2.75, 3.05) is 18.0 Å². The lowest BCUT2D eigenvalue weighted by atomic mass is 10.2. The van der Waals surface area contributed by atoms with Crippen molar-refractivity contribution in [3.63, 3.8) is 0 Å². The molecule has 1 aliphatic carbocycles. The maximum absolute atomic E-state index is 13.7. The average Bonchev–Trinajstić information content (AvgIpc) is 2.85. The standard InChI is InChI=1S/C11H10F2N2O2/c12-9-2-8(15(16)17)3-10(13)11(9)14-4-6-1-7(6)5-14/h2-3,6-7H,1,4-5H2. The highest BCUT2D eigenvalue weighted by molar-refractivity contribution is 5.55. The summed E-state index contributed by atoms with van der Waals surface area (Å²) in [6, 6.07) is 1.56. The molecule has 1 saturated carbocycles. The summed E-state index contributed by atoms with van der Waals surface area (Å²) in [5.74, 6) is -0.607. The van der Waals surface area contributed by atoms with Crippen LogP contribution in [0.2, 0.25) is 0 Å². The smallest absolute Gasteiger partial charge is 0.275 e. The van der Waals surface area contributed by atoms with Crippen molar-refractivity contribution in [2.24, 2.45) is 11.8 Å². The molecule has 1 saturated heterocycles. The van der Waals surface area contributed by atoms with Crippen LogP contribution in [0.5, 0.6) is 0 Å². The number of halogens is 2. The summed E-state index contributed by atoms with van der Waals surface area (Å²) in [5, 5.41) is 10.5. The molecular formula is C11H10F2N2O2. The van der Waals surface area contributed by atoms with Crippen LogP contribution in [0.25, 0.3) is 0 Å². The highest BCUT2D eigenvalue weighted by atomic mass is 19.1. The lowest BCUT2D eigenvalue weighted by molar-refractivity contribution is -0.385. The molecule has 0 spiro atoms. The summed E-state index contributed by atoms with van der Waals surface area (Å²) in [5.41, 5.74) is -0.670. The molecule has 4 nitrogen and oxygen atoms in total. The first kappa shape index (κ1) is 10.4. The molecule has 1 aromatic rings. The topological polar surface area (TPSA) is 46.4 Å². The molecule has 1 aliphatic heterocycles. The van der Waals surface area contributed by atoms with Crippen LogP contribution in [0.3, 0.4) is 0 Å². The van der Waals surface area contributed by atoms with E-state index >= 15 is 0 Å². The van der Waals surface area contributed by atoms with Gasteiger partial charge in [0.1, 0.15) is 5.69 Å². The average molecular weight is 240 g/mol. The maximum atomic E-state index is 13.7. The molecule has 17 heavy (non-hydrogen) atoms. The molecule has 90 valence electrons. The summed E-state index contributed by atoms with van der Waals surface area (Å²) in [4.78, 5) is 11.3. The zero-order valence-electron chi connectivity index (χ0n) is 8.90. The van der Waals surface area contributed by atoms with E-state index in [1.165, 1.54) is 0 Å². The molecule has 0 N–H and O–H groups in total. The quantitative estimate of drug-likeness (QED) is 0.588. The predicted octanol–water partition coefficient (Wildman–Crippen LogP) is 2.33. The summed E-state index contributed by atoms with van der Waals surface area (Å²) in [6.45, 7) is 1.30. The highest BCUT2D eigenvalue weighted by Crippen LogP contribution is 2.47. The number of hydrogen-bond donors (Lipinski definition) is 0. The first-order valence-electron chi connectivity index (χ1n) is 5.44. The molecule has 0 aromatic heterocycles. The Morgan fingerprint density at radius 3 is 2.24 bits per heavy atom. The Hall–Kier alpha value is -1.72. The normalized spacial score (nSPS) is 25.9. The minimum absolute atomic E-state index is 0.122. The first-order valence-corrected chi connectivity index (χ1v) is 5.44. The van der Waals surface area contributed by atoms with Crippen LogP contribution >= 0.6 is 0 Å². The number of rotatable bonds is 2. The second-order valence-corrected chi connectivity index (χ2v) is 4.68. The van der Waals surface area contributed by atoms with Gasteiger partial charge in [-0.15, -0.1) is 0 Å². The maximum Gasteiger partial charge on any atom is 0.275 e. The van der Waals surface area contributed by atoms with E-state index in [4.69, 9.17) is 0 Å². The van der Waals surface area contributed by atoms with Gasteiger partial charge >= 0.3 is 0 Å². The molecule has 0 amide bonds. The zero-order chi connectivity index (χ0) is 12.2. The van der Waals surface area contributed by atoms with E-state index in [0.717, 1.165) is 18.6 Å². The Morgan fingerprint density at radius 2 is 1.76 bits per heavy atom. The van der Waals surface area contributed by atoms with E-state index in [2.05, 4.69) is 0 Å². The second kappa shape index (κ2) is 3.38. The number of piperidine rings is 1. The second-order valence-electron chi connectivity index (χ2n) is 4.68. The third-order valence-electron chi connectivity index (χ3n) is 3.51. The van der Waals surface area contributed by atoms with Gasteiger partial charge in [-0.3, -0.25) is 10.1 Å². The van der Waals surface area contributed by atoms with Gasteiger partial charge in [-0.05, 0) is 18.3 Å². The number of benzene rings is 1. The van der Waals surface area contributed by atoms with Gasteiger partial charge in [0.15, 0.2) is 11.6 Å². The number of hydrogen-bond acceptors (Lipinski definition) is 3. The molecule has 2 fully saturated rings. The number of nitrogens with zero attached hydrogens (tertiary/aromatic N) is 2. The third-order valence-corrected chi connectivity index (χ3v) is 3.51. The van der Waals surface area contributed by atoms with Crippen LogP contribution in [0.15, 0.2) is 12.1 Å². The van der Waals surface area contributed by atoms with Crippen molar-refractivity contribution in [1.82, 2.24) is 0 Å². The largest absolute Gasteiger partial charge is 0.366 e. The summed E-state index contributed by atoms with van der Waals surface area (Å²) in [6.07, 6.45) is 1.13. The molecule has 1 aromatic carbocycles. The molecule has 0 radical (unpaired) electrons. The van der Waals surface area contributed by atoms with E-state index in [1.807, 2.05) is 0 Å². The summed E-state index contributed by atoms with van der Waals surface area (Å²) in [7, 11) is 0. The molecule has 1 heterocycles. The van der Waals surface area contributed by atoms with Crippen molar-refractivity contribution >= 4 is 11.4 Å². The molecule has 6 heteroatoms. The molecule has 2 unspecified atom stereocenters. The molecule has 2 atom stereocenters. The lowest BCUT2D eigenvalue weighted by Gasteiger charge is -2.21. The Labute approximate surface area is 96.0 Å². The van der Waals surface area contributed by atoms with Crippen LogP contribution in [0.4, 0.5) is 20.2 Å².